The molecule has 1 heterocycles. The van der Waals surface area contributed by atoms with E-state index in [1.165, 1.54) is 6.07 Å². The van der Waals surface area contributed by atoms with Crippen LogP contribution < -0.4 is 0 Å². The van der Waals surface area contributed by atoms with Crippen LogP contribution in [-0.2, 0) is 24.4 Å². The van der Waals surface area contributed by atoms with Crippen molar-refractivity contribution in [2.45, 2.75) is 39.5 Å². The number of aromatic nitrogens is 2. The summed E-state index contributed by atoms with van der Waals surface area (Å²) in [5, 5.41) is 4.50. The highest BCUT2D eigenvalue weighted by Gasteiger charge is 2.18. The molecule has 130 valence electrons. The number of ether oxygens (including phenoxy) is 1. The maximum absolute atomic E-state index is 14.0. The van der Waals surface area contributed by atoms with Gasteiger partial charge in [0.05, 0.1) is 18.8 Å². The molecule has 0 saturated heterocycles. The number of benzene rings is 1. The number of aryl methyl sites for hydroxylation is 1. The average Bonchev–Trinajstić information content (AvgIpc) is 2.89. The van der Waals surface area contributed by atoms with Crippen LogP contribution in [0.4, 0.5) is 4.39 Å². The number of methoxy groups -OCH3 is 1. The normalized spacial score (nSPS) is 12.5. The largest absolute Gasteiger partial charge is 0.383 e. The van der Waals surface area contributed by atoms with Crippen molar-refractivity contribution in [2.75, 3.05) is 13.7 Å². The van der Waals surface area contributed by atoms with Gasteiger partial charge in [-0.1, -0.05) is 24.3 Å². The first kappa shape index (κ1) is 18.4. The standard InChI is InChI=1S/C19H26FN3O/c1-5-10-23-13-18(16(3)21-23)12-22(15(2)14-24-4)11-17-8-6-7-9-19(17)20/h5-9,13,15H,1,10-12,14H2,2-4H3/t15-/m0/s1. The van der Waals surface area contributed by atoms with E-state index in [-0.39, 0.29) is 11.9 Å². The van der Waals surface area contributed by atoms with Crippen LogP contribution in [0.5, 0.6) is 0 Å². The second-order valence-corrected chi connectivity index (χ2v) is 6.05. The summed E-state index contributed by atoms with van der Waals surface area (Å²) < 4.78 is 21.2. The lowest BCUT2D eigenvalue weighted by Gasteiger charge is -2.28. The summed E-state index contributed by atoms with van der Waals surface area (Å²) in [6.45, 7) is 10.3. The number of allylic oxidation sites excluding steroid dienone is 1. The number of hydrogen-bond acceptors (Lipinski definition) is 3. The Bertz CT molecular complexity index is 668. The molecule has 0 radical (unpaired) electrons. The molecule has 0 saturated carbocycles. The highest BCUT2D eigenvalue weighted by atomic mass is 19.1. The lowest BCUT2D eigenvalue weighted by molar-refractivity contribution is 0.0886. The Hall–Kier alpha value is -1.98. The third-order valence-electron chi connectivity index (χ3n) is 4.10. The van der Waals surface area contributed by atoms with Crippen LogP contribution in [0.1, 0.15) is 23.7 Å². The highest BCUT2D eigenvalue weighted by Crippen LogP contribution is 2.17. The molecule has 0 amide bonds. The van der Waals surface area contributed by atoms with Crippen LogP contribution in [0, 0.1) is 12.7 Å². The van der Waals surface area contributed by atoms with Crippen LogP contribution in [0.15, 0.2) is 43.1 Å². The van der Waals surface area contributed by atoms with Crippen molar-refractivity contribution < 1.29 is 9.13 Å². The number of halogens is 1. The summed E-state index contributed by atoms with van der Waals surface area (Å²) >= 11 is 0. The quantitative estimate of drug-likeness (QED) is 0.658. The van der Waals surface area contributed by atoms with Crippen molar-refractivity contribution in [3.05, 3.63) is 65.8 Å². The van der Waals surface area contributed by atoms with Gasteiger partial charge in [0.15, 0.2) is 0 Å². The van der Waals surface area contributed by atoms with Crippen LogP contribution in [0.25, 0.3) is 0 Å². The molecule has 0 aliphatic heterocycles. The Morgan fingerprint density at radius 2 is 2.04 bits per heavy atom. The van der Waals surface area contributed by atoms with Gasteiger partial charge in [-0.2, -0.15) is 5.10 Å². The van der Waals surface area contributed by atoms with Crippen LogP contribution in [0.2, 0.25) is 0 Å². The minimum Gasteiger partial charge on any atom is -0.383 e. The molecule has 1 aromatic heterocycles. The smallest absolute Gasteiger partial charge is 0.127 e. The van der Waals surface area contributed by atoms with E-state index in [1.807, 2.05) is 36.0 Å². The Kier molecular flexibility index (Phi) is 6.70. The molecule has 0 bridgehead atoms. The average molecular weight is 331 g/mol. The summed E-state index contributed by atoms with van der Waals surface area (Å²) in [4.78, 5) is 2.21. The van der Waals surface area contributed by atoms with E-state index in [9.17, 15) is 4.39 Å². The molecule has 0 aliphatic carbocycles. The van der Waals surface area contributed by atoms with Crippen LogP contribution in [-0.4, -0.2) is 34.4 Å². The van der Waals surface area contributed by atoms with Gasteiger partial charge >= 0.3 is 0 Å². The van der Waals surface area contributed by atoms with Gasteiger partial charge in [0.2, 0.25) is 0 Å². The Balaban J connectivity index is 2.20. The van der Waals surface area contributed by atoms with Gasteiger partial charge in [-0.15, -0.1) is 6.58 Å². The van der Waals surface area contributed by atoms with E-state index in [4.69, 9.17) is 4.74 Å². The summed E-state index contributed by atoms with van der Waals surface area (Å²) in [5.74, 6) is -0.175. The number of rotatable bonds is 9. The van der Waals surface area contributed by atoms with Crippen molar-refractivity contribution in [1.29, 1.82) is 0 Å². The van der Waals surface area contributed by atoms with E-state index < -0.39 is 0 Å². The van der Waals surface area contributed by atoms with Gasteiger partial charge in [-0.25, -0.2) is 4.39 Å². The highest BCUT2D eigenvalue weighted by molar-refractivity contribution is 5.19. The maximum Gasteiger partial charge on any atom is 0.127 e. The second kappa shape index (κ2) is 8.76. The van der Waals surface area contributed by atoms with E-state index in [0.29, 0.717) is 31.8 Å². The predicted molar refractivity (Wildman–Crippen MR) is 94.1 cm³/mol. The second-order valence-electron chi connectivity index (χ2n) is 6.05. The Morgan fingerprint density at radius 3 is 2.71 bits per heavy atom. The first-order chi connectivity index (χ1) is 11.5. The third-order valence-corrected chi connectivity index (χ3v) is 4.10. The monoisotopic (exact) mass is 331 g/mol. The summed E-state index contributed by atoms with van der Waals surface area (Å²) in [7, 11) is 1.69. The zero-order valence-corrected chi connectivity index (χ0v) is 14.7. The Labute approximate surface area is 143 Å². The van der Waals surface area contributed by atoms with Gasteiger partial charge in [-0.3, -0.25) is 9.58 Å². The molecule has 1 atom stereocenters. The molecule has 0 fully saturated rings. The molecular weight excluding hydrogens is 305 g/mol. The van der Waals surface area contributed by atoms with Crippen molar-refractivity contribution in [3.63, 3.8) is 0 Å². The van der Waals surface area contributed by atoms with Crippen LogP contribution >= 0.6 is 0 Å². The van der Waals surface area contributed by atoms with E-state index >= 15 is 0 Å². The molecule has 0 aliphatic rings. The summed E-state index contributed by atoms with van der Waals surface area (Å²) in [6, 6.07) is 7.07. The minimum absolute atomic E-state index is 0.164. The SMILES string of the molecule is C=CCn1cc(CN(Cc2ccccc2F)[C@@H](C)COC)c(C)n1. The van der Waals surface area contributed by atoms with Crippen molar-refractivity contribution in [3.8, 4) is 0 Å². The van der Waals surface area contributed by atoms with Crippen molar-refractivity contribution in [1.82, 2.24) is 14.7 Å². The van der Waals surface area contributed by atoms with E-state index in [2.05, 4.69) is 23.5 Å². The molecule has 2 aromatic rings. The van der Waals surface area contributed by atoms with Crippen molar-refractivity contribution >= 4 is 0 Å². The minimum atomic E-state index is -0.175. The van der Waals surface area contributed by atoms with Gasteiger partial charge in [-0.05, 0) is 19.9 Å². The molecule has 0 spiro atoms. The molecule has 0 unspecified atom stereocenters. The first-order valence-corrected chi connectivity index (χ1v) is 8.15. The van der Waals surface area contributed by atoms with Gasteiger partial charge in [0.1, 0.15) is 5.82 Å². The molecule has 4 nitrogen and oxygen atoms in total. The fraction of sp³-hybridized carbons (Fsp3) is 0.421. The van der Waals surface area contributed by atoms with Gasteiger partial charge in [0, 0.05) is 43.6 Å². The van der Waals surface area contributed by atoms with Crippen molar-refractivity contribution in [2.24, 2.45) is 0 Å². The number of nitrogens with zero attached hydrogens (tertiary/aromatic N) is 3. The molecule has 24 heavy (non-hydrogen) atoms. The van der Waals surface area contributed by atoms with Crippen LogP contribution in [0.3, 0.4) is 0 Å². The van der Waals surface area contributed by atoms with E-state index in [0.717, 1.165) is 11.3 Å². The fourth-order valence-electron chi connectivity index (χ4n) is 2.72. The molecule has 5 heteroatoms. The Morgan fingerprint density at radius 1 is 1.33 bits per heavy atom. The van der Waals surface area contributed by atoms with Gasteiger partial charge < -0.3 is 4.74 Å². The maximum atomic E-state index is 14.0. The molecular formula is C19H26FN3O. The lowest BCUT2D eigenvalue weighted by atomic mass is 10.1. The molecule has 0 N–H and O–H groups in total. The zero-order valence-electron chi connectivity index (χ0n) is 14.7. The predicted octanol–water partition coefficient (Wildman–Crippen LogP) is 3.55. The van der Waals surface area contributed by atoms with Gasteiger partial charge in [0.25, 0.3) is 0 Å². The summed E-state index contributed by atoms with van der Waals surface area (Å²) in [5.41, 5.74) is 2.81. The molecule has 2 rings (SSSR count). The van der Waals surface area contributed by atoms with E-state index in [1.54, 1.807) is 13.2 Å². The fourth-order valence-corrected chi connectivity index (χ4v) is 2.72. The summed E-state index contributed by atoms with van der Waals surface area (Å²) in [6.07, 6.45) is 3.85. The lowest BCUT2D eigenvalue weighted by Crippen LogP contribution is -2.35. The zero-order chi connectivity index (χ0) is 17.5. The first-order valence-electron chi connectivity index (χ1n) is 8.15. The number of hydrogen-bond donors (Lipinski definition) is 0. The topological polar surface area (TPSA) is 30.3 Å². The third kappa shape index (κ3) is 4.76. The molecule has 1 aromatic carbocycles.